The zero-order valence-electron chi connectivity index (χ0n) is 34.2. The van der Waals surface area contributed by atoms with Crippen LogP contribution < -0.4 is 23.8 Å². The summed E-state index contributed by atoms with van der Waals surface area (Å²) < 4.78 is 41.3. The van der Waals surface area contributed by atoms with Crippen LogP contribution in [0.2, 0.25) is 10.2 Å². The Hall–Kier alpha value is -6.73. The van der Waals surface area contributed by atoms with Crippen molar-refractivity contribution in [3.05, 3.63) is 131 Å². The molecule has 3 aromatic heterocycles. The van der Waals surface area contributed by atoms with E-state index in [4.69, 9.17) is 42.1 Å². The second-order valence-electron chi connectivity index (χ2n) is 15.2. The van der Waals surface area contributed by atoms with E-state index in [-0.39, 0.29) is 75.4 Å². The van der Waals surface area contributed by atoms with Crippen molar-refractivity contribution in [2.45, 2.75) is 25.2 Å². The van der Waals surface area contributed by atoms with E-state index in [1.54, 1.807) is 73.1 Å². The number of ether oxygens (including phenoxy) is 4. The number of aromatic hydroxyl groups is 1. The van der Waals surface area contributed by atoms with Crippen molar-refractivity contribution in [1.82, 2.24) is 29.3 Å². The van der Waals surface area contributed by atoms with Gasteiger partial charge in [-0.15, -0.1) is 0 Å². The Morgan fingerprint density at radius 3 is 2.48 bits per heavy atom. The van der Waals surface area contributed by atoms with Crippen molar-refractivity contribution < 1.29 is 53.7 Å². The number of phenols is 1. The van der Waals surface area contributed by atoms with Crippen molar-refractivity contribution in [2.75, 3.05) is 39.3 Å². The Morgan fingerprint density at radius 1 is 0.892 bits per heavy atom. The molecule has 4 bridgehead atoms. The van der Waals surface area contributed by atoms with Crippen LogP contribution >= 0.6 is 23.2 Å². The Morgan fingerprint density at radius 2 is 1.69 bits per heavy atom. The normalized spacial score (nSPS) is 16.9. The number of carboxylic acids is 1. The van der Waals surface area contributed by atoms with E-state index in [0.717, 1.165) is 0 Å². The molecular weight excluding hydrogens is 886 g/mol. The predicted octanol–water partition coefficient (Wildman–Crippen LogP) is 7.93. The van der Waals surface area contributed by atoms with Crippen molar-refractivity contribution >= 4 is 34.7 Å². The number of hydroxylamine groups is 2. The van der Waals surface area contributed by atoms with Crippen LogP contribution in [0.15, 0.2) is 104 Å². The number of carboxylic acid groups (broad SMARTS) is 1. The Bertz CT molecular complexity index is 2880. The monoisotopic (exact) mass is 924 g/mol. The average Bonchev–Trinajstić information content (AvgIpc) is 3.61. The number of rotatable bonds is 9. The van der Waals surface area contributed by atoms with Crippen LogP contribution in [-0.2, 0) is 17.8 Å². The van der Waals surface area contributed by atoms with Crippen LogP contribution in [0.1, 0.15) is 11.3 Å². The summed E-state index contributed by atoms with van der Waals surface area (Å²) in [6, 6.07) is 22.1. The van der Waals surface area contributed by atoms with E-state index < -0.39 is 24.0 Å². The molecule has 19 heteroatoms. The van der Waals surface area contributed by atoms with Crippen LogP contribution in [-0.4, -0.2) is 108 Å². The highest BCUT2D eigenvalue weighted by Gasteiger charge is 2.31. The van der Waals surface area contributed by atoms with Gasteiger partial charge in [0.15, 0.2) is 11.6 Å². The number of phenolic OH excluding ortho intramolecular Hbond substituents is 1. The van der Waals surface area contributed by atoms with Crippen LogP contribution in [0.3, 0.4) is 0 Å². The molecule has 1 saturated heterocycles. The van der Waals surface area contributed by atoms with Gasteiger partial charge < -0.3 is 43.7 Å². The number of carbonyl (C=O) groups is 1. The quantitative estimate of drug-likeness (QED) is 0.0805. The van der Waals surface area contributed by atoms with Gasteiger partial charge in [0.1, 0.15) is 63.8 Å². The van der Waals surface area contributed by atoms with Crippen LogP contribution in [0.25, 0.3) is 39.2 Å². The molecule has 0 saturated carbocycles. The molecule has 4 aromatic carbocycles. The molecule has 334 valence electrons. The van der Waals surface area contributed by atoms with Gasteiger partial charge in [0.25, 0.3) is 0 Å². The summed E-state index contributed by atoms with van der Waals surface area (Å²) in [7, 11) is 0. The molecule has 2 atom stereocenters. The molecule has 10 rings (SSSR count). The summed E-state index contributed by atoms with van der Waals surface area (Å²) in [5.74, 6) is -1.12. The summed E-state index contributed by atoms with van der Waals surface area (Å²) in [6.45, 7) is 2.20. The molecule has 6 heterocycles. The summed E-state index contributed by atoms with van der Waals surface area (Å²) in [5.41, 5.74) is 2.77. The van der Waals surface area contributed by atoms with E-state index in [2.05, 4.69) is 24.7 Å². The number of halogens is 3. The zero-order chi connectivity index (χ0) is 45.2. The summed E-state index contributed by atoms with van der Waals surface area (Å²) in [6.07, 6.45) is 1.97. The highest BCUT2D eigenvalue weighted by Crippen LogP contribution is 2.51. The number of fused-ring (bicyclic) bond motifs is 7. The minimum absolute atomic E-state index is 0.0147. The molecule has 1 unspecified atom stereocenters. The van der Waals surface area contributed by atoms with Gasteiger partial charge in [0.2, 0.25) is 12.0 Å². The lowest BCUT2D eigenvalue weighted by atomic mass is 9.96. The lowest BCUT2D eigenvalue weighted by molar-refractivity contribution is -0.145. The smallest absolute Gasteiger partial charge is 0.345 e. The van der Waals surface area contributed by atoms with Gasteiger partial charge in [-0.1, -0.05) is 47.5 Å². The van der Waals surface area contributed by atoms with E-state index in [0.29, 0.717) is 72.2 Å². The lowest BCUT2D eigenvalue weighted by Crippen LogP contribution is -2.49. The number of benzene rings is 4. The molecule has 4 N–H and O–H groups in total. The molecule has 0 spiro atoms. The molecule has 16 nitrogen and oxygen atoms in total. The SMILES string of the molecule is O=C(O)C1Cc2cc(ccc2OCc2ccnc(-c3ccccc3OO)n2)OC[C@@H](CN2CCN(O)CC2)Oc2ccc(c(O)c2Cl)-c2c(-c3ccc(F)cc3)c(Cl)n3ccnc(c23)O1. The predicted molar refractivity (Wildman–Crippen MR) is 235 cm³/mol. The fourth-order valence-corrected chi connectivity index (χ4v) is 8.41. The molecular formula is C46H39Cl2FN6O10. The third-order valence-electron chi connectivity index (χ3n) is 11.1. The molecule has 65 heavy (non-hydrogen) atoms. The number of para-hydroxylation sites is 1. The van der Waals surface area contributed by atoms with Gasteiger partial charge >= 0.3 is 5.97 Å². The summed E-state index contributed by atoms with van der Waals surface area (Å²) in [4.78, 5) is 33.3. The number of hydrogen-bond donors (Lipinski definition) is 4. The topological polar surface area (TPSA) is 194 Å². The molecule has 0 radical (unpaired) electrons. The van der Waals surface area contributed by atoms with Crippen LogP contribution in [0.4, 0.5) is 4.39 Å². The molecule has 1 fully saturated rings. The molecule has 0 aliphatic carbocycles. The highest BCUT2D eigenvalue weighted by molar-refractivity contribution is 6.36. The van der Waals surface area contributed by atoms with Gasteiger partial charge in [0.05, 0.1) is 11.3 Å². The van der Waals surface area contributed by atoms with Crippen molar-refractivity contribution in [3.8, 4) is 68.3 Å². The van der Waals surface area contributed by atoms with Gasteiger partial charge in [-0.3, -0.25) is 4.90 Å². The Balaban J connectivity index is 1.15. The van der Waals surface area contributed by atoms with Gasteiger partial charge in [0, 0.05) is 80.0 Å². The van der Waals surface area contributed by atoms with Crippen LogP contribution in [0, 0.1) is 5.82 Å². The highest BCUT2D eigenvalue weighted by atomic mass is 35.5. The third kappa shape index (κ3) is 9.15. The van der Waals surface area contributed by atoms with Crippen molar-refractivity contribution in [3.63, 3.8) is 0 Å². The first-order valence-electron chi connectivity index (χ1n) is 20.3. The molecule has 0 amide bonds. The minimum Gasteiger partial charge on any atom is -0.506 e. The first-order valence-corrected chi connectivity index (χ1v) is 21.1. The number of hydrogen-bond acceptors (Lipinski definition) is 14. The number of piperazine rings is 1. The van der Waals surface area contributed by atoms with Crippen molar-refractivity contribution in [1.29, 1.82) is 0 Å². The maximum Gasteiger partial charge on any atom is 0.345 e. The first kappa shape index (κ1) is 43.5. The summed E-state index contributed by atoms with van der Waals surface area (Å²) in [5, 5.41) is 43.4. The lowest BCUT2D eigenvalue weighted by Gasteiger charge is -2.33. The van der Waals surface area contributed by atoms with Gasteiger partial charge in [-0.25, -0.2) is 29.4 Å². The second-order valence-corrected chi connectivity index (χ2v) is 16.0. The largest absolute Gasteiger partial charge is 0.506 e. The average molecular weight is 926 g/mol. The molecule has 7 aromatic rings. The zero-order valence-corrected chi connectivity index (χ0v) is 35.7. The summed E-state index contributed by atoms with van der Waals surface area (Å²) >= 11 is 14.1. The Labute approximate surface area is 380 Å². The fraction of sp³-hybridized carbons (Fsp3) is 0.217. The molecule has 3 aliphatic rings. The standard InChI is InChI=1S/C46H39Cl2FN6O10/c47-40-36-12-10-33(42(40)56)39-38(26-5-7-28(49)8-6-26)43(48)55-16-15-51-45(41(39)55)64-37(46(57)58)22-27-21-30(61-25-31(63-36)23-53-17-19-54(59)20-18-53)9-11-34(27)62-24-29-13-14-50-44(52-29)32-3-1-2-4-35(32)65-60/h1-16,21,31,37,56,59-60H,17-20,22-25H2,(H,57,58)/t31-,37?/m1/s1. The third-order valence-corrected chi connectivity index (χ3v) is 11.8. The first-order chi connectivity index (χ1) is 31.5. The minimum atomic E-state index is -1.58. The fourth-order valence-electron chi connectivity index (χ4n) is 7.86. The van der Waals surface area contributed by atoms with E-state index in [1.165, 1.54) is 39.9 Å². The van der Waals surface area contributed by atoms with E-state index in [1.807, 2.05) is 0 Å². The second kappa shape index (κ2) is 18.8. The van der Waals surface area contributed by atoms with E-state index in [9.17, 15) is 29.9 Å². The maximum absolute atomic E-state index is 14.3. The van der Waals surface area contributed by atoms with Gasteiger partial charge in [-0.2, -0.15) is 5.06 Å². The maximum atomic E-state index is 14.3. The van der Waals surface area contributed by atoms with E-state index >= 15 is 0 Å². The number of nitrogens with zero attached hydrogens (tertiary/aromatic N) is 6. The van der Waals surface area contributed by atoms with Crippen molar-refractivity contribution in [2.24, 2.45) is 0 Å². The molecule has 3 aliphatic heterocycles. The van der Waals surface area contributed by atoms with Crippen LogP contribution in [0.5, 0.6) is 34.6 Å². The Kier molecular flexibility index (Phi) is 12.6. The van der Waals surface area contributed by atoms with Gasteiger partial charge in [-0.05, 0) is 66.2 Å². The number of aliphatic carboxylic acids is 1. The number of aromatic nitrogens is 4.